The molecule has 0 aliphatic carbocycles. The number of halogens is 1. The van der Waals surface area contributed by atoms with Crippen LogP contribution in [0, 0.1) is 11.8 Å². The first-order chi connectivity index (χ1) is 13.6. The van der Waals surface area contributed by atoms with E-state index >= 15 is 0 Å². The summed E-state index contributed by atoms with van der Waals surface area (Å²) >= 11 is 0. The molecule has 0 aromatic heterocycles. The van der Waals surface area contributed by atoms with Gasteiger partial charge in [0, 0.05) is 45.2 Å². The van der Waals surface area contributed by atoms with Crippen molar-refractivity contribution in [2.45, 2.75) is 58.9 Å². The van der Waals surface area contributed by atoms with E-state index in [1.807, 2.05) is 0 Å². The molecule has 7 nitrogen and oxygen atoms in total. The quantitative estimate of drug-likeness (QED) is 0.275. The van der Waals surface area contributed by atoms with Crippen LogP contribution < -0.4 is 11.1 Å². The summed E-state index contributed by atoms with van der Waals surface area (Å²) in [4.78, 5) is 21.3. The number of primary amides is 1. The summed E-state index contributed by atoms with van der Waals surface area (Å²) in [5.74, 6) is 1.77. The molecule has 170 valence electrons. The van der Waals surface area contributed by atoms with E-state index in [4.69, 9.17) is 15.5 Å². The summed E-state index contributed by atoms with van der Waals surface area (Å²) in [6.07, 6.45) is 4.98. The van der Waals surface area contributed by atoms with Gasteiger partial charge in [0.05, 0.1) is 19.8 Å². The minimum Gasteiger partial charge on any atom is -0.379 e. The number of nitrogens with zero attached hydrogens (tertiary/aromatic N) is 3. The minimum absolute atomic E-state index is 0. The van der Waals surface area contributed by atoms with E-state index < -0.39 is 0 Å². The third-order valence-corrected chi connectivity index (χ3v) is 6.18. The number of nitrogens with one attached hydrogen (secondary N) is 1. The molecule has 0 radical (unpaired) electrons. The van der Waals surface area contributed by atoms with Crippen molar-refractivity contribution >= 4 is 35.8 Å². The van der Waals surface area contributed by atoms with Crippen LogP contribution in [0.2, 0.25) is 0 Å². The number of ether oxygens (including phenoxy) is 1. The zero-order chi connectivity index (χ0) is 20.4. The molecular formula is C21H42IN5O2. The van der Waals surface area contributed by atoms with Gasteiger partial charge in [-0.25, -0.2) is 0 Å². The standard InChI is InChI=1S/C21H41N5O2.HI/c1-4-18(5-2)19(25-10-12-28-13-11-25)15-24-21(23-6-3)26-9-7-8-17(16-26)14-20(22)27;/h17-19H,4-16H2,1-3H3,(H2,22,27)(H,23,24);1H. The number of carbonyl (C=O) groups is 1. The van der Waals surface area contributed by atoms with Crippen molar-refractivity contribution in [3.8, 4) is 0 Å². The van der Waals surface area contributed by atoms with Crippen LogP contribution in [0.3, 0.4) is 0 Å². The maximum atomic E-state index is 11.3. The first kappa shape index (κ1) is 26.4. The Morgan fingerprint density at radius 3 is 2.48 bits per heavy atom. The highest BCUT2D eigenvalue weighted by atomic mass is 127. The molecule has 2 heterocycles. The Balaban J connectivity index is 0.00000420. The van der Waals surface area contributed by atoms with E-state index in [-0.39, 0.29) is 29.9 Å². The molecule has 1 amide bonds. The normalized spacial score (nSPS) is 22.3. The third-order valence-electron chi connectivity index (χ3n) is 6.18. The lowest BCUT2D eigenvalue weighted by atomic mass is 9.92. The van der Waals surface area contributed by atoms with Gasteiger partial charge in [-0.15, -0.1) is 24.0 Å². The fourth-order valence-corrected chi connectivity index (χ4v) is 4.62. The van der Waals surface area contributed by atoms with Crippen LogP contribution in [0.15, 0.2) is 4.99 Å². The number of carbonyl (C=O) groups excluding carboxylic acids is 1. The highest BCUT2D eigenvalue weighted by Gasteiger charge is 2.28. The number of morpholine rings is 1. The molecule has 2 atom stereocenters. The molecule has 0 aromatic carbocycles. The molecule has 2 rings (SSSR count). The molecule has 2 saturated heterocycles. The summed E-state index contributed by atoms with van der Waals surface area (Å²) in [7, 11) is 0. The number of hydrogen-bond donors (Lipinski definition) is 2. The lowest BCUT2D eigenvalue weighted by molar-refractivity contribution is -0.119. The number of aliphatic imine (C=N–C) groups is 1. The van der Waals surface area contributed by atoms with E-state index in [0.717, 1.165) is 71.3 Å². The maximum Gasteiger partial charge on any atom is 0.217 e. The molecule has 0 saturated carbocycles. The first-order valence-electron chi connectivity index (χ1n) is 11.2. The van der Waals surface area contributed by atoms with Gasteiger partial charge < -0.3 is 20.7 Å². The Bertz CT molecular complexity index is 495. The molecule has 2 aliphatic rings. The van der Waals surface area contributed by atoms with E-state index in [9.17, 15) is 4.79 Å². The highest BCUT2D eigenvalue weighted by molar-refractivity contribution is 14.0. The molecule has 3 N–H and O–H groups in total. The summed E-state index contributed by atoms with van der Waals surface area (Å²) < 4.78 is 5.56. The zero-order valence-corrected chi connectivity index (χ0v) is 20.9. The minimum atomic E-state index is -0.199. The van der Waals surface area contributed by atoms with Gasteiger partial charge in [0.1, 0.15) is 0 Å². The van der Waals surface area contributed by atoms with Gasteiger partial charge in [-0.2, -0.15) is 0 Å². The monoisotopic (exact) mass is 523 g/mol. The topological polar surface area (TPSA) is 83.2 Å². The van der Waals surface area contributed by atoms with Gasteiger partial charge in [-0.05, 0) is 31.6 Å². The van der Waals surface area contributed by atoms with Crippen molar-refractivity contribution in [2.24, 2.45) is 22.6 Å². The van der Waals surface area contributed by atoms with Gasteiger partial charge in [0.2, 0.25) is 5.91 Å². The van der Waals surface area contributed by atoms with Crippen LogP contribution in [0.4, 0.5) is 0 Å². The van der Waals surface area contributed by atoms with Crippen molar-refractivity contribution in [3.05, 3.63) is 0 Å². The molecular weight excluding hydrogens is 481 g/mol. The molecule has 8 heteroatoms. The summed E-state index contributed by atoms with van der Waals surface area (Å²) in [5, 5.41) is 3.48. The van der Waals surface area contributed by atoms with E-state index in [0.29, 0.717) is 24.3 Å². The molecule has 0 spiro atoms. The number of piperidine rings is 1. The van der Waals surface area contributed by atoms with Crippen LogP contribution in [0.25, 0.3) is 0 Å². The highest BCUT2D eigenvalue weighted by Crippen LogP contribution is 2.22. The van der Waals surface area contributed by atoms with E-state index in [1.54, 1.807) is 0 Å². The van der Waals surface area contributed by atoms with E-state index in [2.05, 4.69) is 35.9 Å². The van der Waals surface area contributed by atoms with Gasteiger partial charge in [-0.3, -0.25) is 14.7 Å². The van der Waals surface area contributed by atoms with Crippen molar-refractivity contribution < 1.29 is 9.53 Å². The van der Waals surface area contributed by atoms with Gasteiger partial charge in [-0.1, -0.05) is 26.7 Å². The number of amides is 1. The number of likely N-dealkylation sites (tertiary alicyclic amines) is 1. The number of nitrogens with two attached hydrogens (primary N) is 1. The Morgan fingerprint density at radius 2 is 1.90 bits per heavy atom. The van der Waals surface area contributed by atoms with Crippen LogP contribution in [-0.2, 0) is 9.53 Å². The fraction of sp³-hybridized carbons (Fsp3) is 0.905. The molecule has 0 aromatic rings. The zero-order valence-electron chi connectivity index (χ0n) is 18.6. The van der Waals surface area contributed by atoms with Crippen LogP contribution in [0.1, 0.15) is 52.9 Å². The second-order valence-electron chi connectivity index (χ2n) is 8.11. The Labute approximate surface area is 194 Å². The molecule has 2 unspecified atom stereocenters. The first-order valence-corrected chi connectivity index (χ1v) is 11.2. The summed E-state index contributed by atoms with van der Waals surface area (Å²) in [6.45, 7) is 13.8. The van der Waals surface area contributed by atoms with Crippen LogP contribution in [-0.4, -0.2) is 80.2 Å². The Hall–Kier alpha value is -0.610. The second-order valence-corrected chi connectivity index (χ2v) is 8.11. The molecule has 2 aliphatic heterocycles. The Kier molecular flexibility index (Phi) is 13.1. The SMILES string of the molecule is CCNC(=NCC(C(CC)CC)N1CCOCC1)N1CCCC(CC(N)=O)C1.I. The van der Waals surface area contributed by atoms with E-state index in [1.165, 1.54) is 12.8 Å². The van der Waals surface area contributed by atoms with Crippen molar-refractivity contribution in [2.75, 3.05) is 52.5 Å². The average molecular weight is 524 g/mol. The van der Waals surface area contributed by atoms with Gasteiger partial charge in [0.25, 0.3) is 0 Å². The largest absolute Gasteiger partial charge is 0.379 e. The lowest BCUT2D eigenvalue weighted by Gasteiger charge is -2.39. The summed E-state index contributed by atoms with van der Waals surface area (Å²) in [5.41, 5.74) is 5.43. The smallest absolute Gasteiger partial charge is 0.217 e. The number of rotatable bonds is 9. The van der Waals surface area contributed by atoms with Gasteiger partial charge in [0.15, 0.2) is 5.96 Å². The molecule has 0 bridgehead atoms. The van der Waals surface area contributed by atoms with Crippen LogP contribution in [0.5, 0.6) is 0 Å². The number of hydrogen-bond acceptors (Lipinski definition) is 4. The molecule has 29 heavy (non-hydrogen) atoms. The maximum absolute atomic E-state index is 11.3. The lowest BCUT2D eigenvalue weighted by Crippen LogP contribution is -2.50. The predicted octanol–water partition coefficient (Wildman–Crippen LogP) is 2.29. The van der Waals surface area contributed by atoms with Crippen molar-refractivity contribution in [3.63, 3.8) is 0 Å². The third kappa shape index (κ3) is 8.57. The van der Waals surface area contributed by atoms with Crippen molar-refractivity contribution in [1.29, 1.82) is 0 Å². The van der Waals surface area contributed by atoms with Gasteiger partial charge >= 0.3 is 0 Å². The molecule has 2 fully saturated rings. The van der Waals surface area contributed by atoms with Crippen LogP contribution >= 0.6 is 24.0 Å². The Morgan fingerprint density at radius 1 is 1.21 bits per heavy atom. The fourth-order valence-electron chi connectivity index (χ4n) is 4.62. The average Bonchev–Trinajstić information content (AvgIpc) is 2.70. The van der Waals surface area contributed by atoms with Crippen molar-refractivity contribution in [1.82, 2.24) is 15.1 Å². The summed E-state index contributed by atoms with van der Waals surface area (Å²) in [6, 6.07) is 0.457. The second kappa shape index (κ2) is 14.4. The predicted molar refractivity (Wildman–Crippen MR) is 130 cm³/mol. The number of guanidine groups is 1.